The first kappa shape index (κ1) is 23.3. The summed E-state index contributed by atoms with van der Waals surface area (Å²) in [5.74, 6) is -1.96. The Morgan fingerprint density at radius 2 is 1.57 bits per heavy atom. The normalized spacial score (nSPS) is 37.3. The summed E-state index contributed by atoms with van der Waals surface area (Å²) in [6.45, 7) is -0.176. The predicted octanol–water partition coefficient (Wildman–Crippen LogP) is 3.94. The number of primary amides is 1. The van der Waals surface area contributed by atoms with Crippen molar-refractivity contribution in [3.8, 4) is 5.75 Å². The molecular weight excluding hydrogens is 450 g/mol. The third-order valence-electron chi connectivity index (χ3n) is 5.80. The first-order valence-electron chi connectivity index (χ1n) is 9.17. The summed E-state index contributed by atoms with van der Waals surface area (Å²) in [4.78, 5) is 11.1. The summed E-state index contributed by atoms with van der Waals surface area (Å²) >= 11 is 4.13. The smallest absolute Gasteiger partial charge is 0.251 e. The summed E-state index contributed by atoms with van der Waals surface area (Å²) in [6.07, 6.45) is 0.271. The molecule has 0 spiro atoms. The van der Waals surface area contributed by atoms with Gasteiger partial charge in [-0.1, -0.05) is 22.7 Å². The van der Waals surface area contributed by atoms with Gasteiger partial charge in [-0.2, -0.15) is 0 Å². The van der Waals surface area contributed by atoms with Crippen LogP contribution >= 0.6 is 11.6 Å². The lowest BCUT2D eigenvalue weighted by atomic mass is 9.46. The predicted molar refractivity (Wildman–Crippen MR) is 102 cm³/mol. The molecule has 5 nitrogen and oxygen atoms in total. The zero-order chi connectivity index (χ0) is 22.5. The van der Waals surface area contributed by atoms with Crippen LogP contribution in [0, 0.1) is 11.2 Å². The fraction of sp³-hybridized carbons (Fsp3) is 0.632. The van der Waals surface area contributed by atoms with Crippen LogP contribution in [0.4, 0.5) is 17.6 Å². The molecule has 11 heteroatoms. The van der Waals surface area contributed by atoms with E-state index in [9.17, 15) is 22.4 Å². The molecular formula is C19H21ClF4NO4S-. The Hall–Kier alpha value is -1.39. The van der Waals surface area contributed by atoms with Gasteiger partial charge in [-0.25, -0.2) is 17.6 Å². The van der Waals surface area contributed by atoms with E-state index in [1.54, 1.807) is 0 Å². The van der Waals surface area contributed by atoms with Crippen LogP contribution in [0.2, 0.25) is 5.02 Å². The van der Waals surface area contributed by atoms with E-state index in [2.05, 4.69) is 0 Å². The average molecular weight is 471 g/mol. The maximum atomic E-state index is 15.0. The van der Waals surface area contributed by atoms with Crippen LogP contribution in [0.25, 0.3) is 0 Å². The number of hydrogen-bond donors (Lipinski definition) is 1. The Morgan fingerprint density at radius 1 is 1.13 bits per heavy atom. The van der Waals surface area contributed by atoms with Gasteiger partial charge in [-0.3, -0.25) is 9.00 Å². The molecule has 0 aliphatic heterocycles. The van der Waals surface area contributed by atoms with Crippen molar-refractivity contribution in [3.05, 3.63) is 28.5 Å². The van der Waals surface area contributed by atoms with Crippen LogP contribution in [0.3, 0.4) is 0 Å². The monoisotopic (exact) mass is 470 g/mol. The Balaban J connectivity index is 0.000000589. The highest BCUT2D eigenvalue weighted by Crippen LogP contribution is 2.68. The highest BCUT2D eigenvalue weighted by atomic mass is 35.5. The number of ether oxygens (including phenoxy) is 1. The third-order valence-corrected chi connectivity index (χ3v) is 6.09. The molecule has 4 fully saturated rings. The highest BCUT2D eigenvalue weighted by Gasteiger charge is 2.70. The minimum Gasteiger partial charge on any atom is -0.773 e. The van der Waals surface area contributed by atoms with Gasteiger partial charge >= 0.3 is 0 Å². The highest BCUT2D eigenvalue weighted by molar-refractivity contribution is 7.78. The number of halogens is 5. The molecule has 0 radical (unpaired) electrons. The number of carbonyl (C=O) groups is 1. The molecule has 1 aromatic carbocycles. The van der Waals surface area contributed by atoms with Gasteiger partial charge < -0.3 is 15.0 Å². The van der Waals surface area contributed by atoms with Gasteiger partial charge in [0.25, 0.3) is 5.91 Å². The number of benzene rings is 1. The van der Waals surface area contributed by atoms with Gasteiger partial charge in [-0.05, 0) is 31.6 Å². The van der Waals surface area contributed by atoms with E-state index in [1.807, 2.05) is 0 Å². The second-order valence-electron chi connectivity index (χ2n) is 8.83. The van der Waals surface area contributed by atoms with Gasteiger partial charge in [0.2, 0.25) is 0 Å². The largest absolute Gasteiger partial charge is 0.773 e. The summed E-state index contributed by atoms with van der Waals surface area (Å²) < 4.78 is 82.4. The number of rotatable bonds is 4. The summed E-state index contributed by atoms with van der Waals surface area (Å²) in [5.41, 5.74) is -1.99. The van der Waals surface area contributed by atoms with E-state index in [1.165, 1.54) is 0 Å². The maximum absolute atomic E-state index is 15.0. The maximum Gasteiger partial charge on any atom is 0.251 e. The van der Waals surface area contributed by atoms with Crippen molar-refractivity contribution in [3.63, 3.8) is 0 Å². The molecule has 4 saturated carbocycles. The van der Waals surface area contributed by atoms with Crippen molar-refractivity contribution >= 4 is 28.6 Å². The number of carbonyl (C=O) groups excluding carboxylic acids is 1. The number of hydrogen-bond acceptors (Lipinski definition) is 4. The van der Waals surface area contributed by atoms with Crippen LogP contribution in [0.5, 0.6) is 5.75 Å². The molecule has 4 aliphatic carbocycles. The first-order valence-corrected chi connectivity index (χ1v) is 11.0. The molecule has 4 bridgehead atoms. The zero-order valence-corrected chi connectivity index (χ0v) is 17.7. The van der Waals surface area contributed by atoms with Crippen molar-refractivity contribution in [2.45, 2.75) is 55.5 Å². The van der Waals surface area contributed by atoms with Gasteiger partial charge in [0, 0.05) is 30.7 Å². The summed E-state index contributed by atoms with van der Waals surface area (Å²) in [5, 5.41) is -0.0511. The lowest BCUT2D eigenvalue weighted by Gasteiger charge is -2.62. The van der Waals surface area contributed by atoms with E-state index in [0.717, 1.165) is 18.4 Å². The Bertz CT molecular complexity index is 844. The molecule has 0 aromatic heterocycles. The summed E-state index contributed by atoms with van der Waals surface area (Å²) in [6, 6.07) is 1.95. The van der Waals surface area contributed by atoms with E-state index in [4.69, 9.17) is 30.8 Å². The Morgan fingerprint density at radius 3 is 1.97 bits per heavy atom. The molecule has 0 heterocycles. The molecule has 1 atom stereocenters. The molecule has 4 aliphatic rings. The standard InChI is InChI=1S/C18H18ClF4NO2.CH4O2S/c19-11-1-10(14(24)25)12(20)2-13(11)26-9-15-3-16(21)6-17(22,4-15)8-18(23,5-15)7-16;1-4(2)3/h1-2H,3-9H2,(H2,24,25);1H3,(H,2,3)/p-1. The molecule has 2 N–H and O–H groups in total. The molecule has 30 heavy (non-hydrogen) atoms. The van der Waals surface area contributed by atoms with Crippen LogP contribution in [0.15, 0.2) is 12.1 Å². The molecule has 1 aromatic rings. The number of amides is 1. The van der Waals surface area contributed by atoms with Gasteiger partial charge in [-0.15, -0.1) is 0 Å². The van der Waals surface area contributed by atoms with Crippen molar-refractivity contribution in [1.82, 2.24) is 0 Å². The van der Waals surface area contributed by atoms with Crippen molar-refractivity contribution < 1.29 is 35.9 Å². The zero-order valence-electron chi connectivity index (χ0n) is 16.1. The van der Waals surface area contributed by atoms with E-state index in [0.29, 0.717) is 0 Å². The Kier molecular flexibility index (Phi) is 5.92. The van der Waals surface area contributed by atoms with E-state index < -0.39 is 45.2 Å². The third kappa shape index (κ3) is 4.75. The van der Waals surface area contributed by atoms with Gasteiger partial charge in [0.15, 0.2) is 0 Å². The van der Waals surface area contributed by atoms with E-state index >= 15 is 0 Å². The second-order valence-corrected chi connectivity index (χ2v) is 10.0. The topological polar surface area (TPSA) is 92.5 Å². The van der Waals surface area contributed by atoms with Crippen LogP contribution in [0.1, 0.15) is 48.9 Å². The van der Waals surface area contributed by atoms with Gasteiger partial charge in [0.05, 0.1) is 17.2 Å². The average Bonchev–Trinajstić information content (AvgIpc) is 2.50. The SMILES string of the molecule is CS(=O)[O-].NC(=O)c1cc(Cl)c(OCC23CC4(F)CC(F)(CC(F)(C4)C2)C3)cc1F. The lowest BCUT2D eigenvalue weighted by molar-refractivity contribution is -0.223. The second kappa shape index (κ2) is 7.63. The fourth-order valence-electron chi connectivity index (χ4n) is 5.68. The van der Waals surface area contributed by atoms with Gasteiger partial charge in [0.1, 0.15) is 28.6 Å². The molecule has 5 rings (SSSR count). The summed E-state index contributed by atoms with van der Waals surface area (Å²) in [7, 11) is 0. The number of alkyl halides is 3. The molecule has 1 amide bonds. The van der Waals surface area contributed by atoms with Crippen LogP contribution < -0.4 is 10.5 Å². The Labute approximate surface area is 178 Å². The first-order chi connectivity index (χ1) is 13.7. The quantitative estimate of drug-likeness (QED) is 0.532. The van der Waals surface area contributed by atoms with Crippen molar-refractivity contribution in [1.29, 1.82) is 0 Å². The van der Waals surface area contributed by atoms with Crippen LogP contribution in [-0.2, 0) is 11.1 Å². The fourth-order valence-corrected chi connectivity index (χ4v) is 5.90. The van der Waals surface area contributed by atoms with Crippen molar-refractivity contribution in [2.24, 2.45) is 11.1 Å². The molecule has 0 saturated heterocycles. The number of nitrogens with two attached hydrogens (primary N) is 1. The van der Waals surface area contributed by atoms with Crippen LogP contribution in [-0.4, -0.2) is 44.5 Å². The van der Waals surface area contributed by atoms with Crippen molar-refractivity contribution in [2.75, 3.05) is 12.9 Å². The molecule has 1 unspecified atom stereocenters. The lowest BCUT2D eigenvalue weighted by Crippen LogP contribution is -2.66. The molecule has 168 valence electrons. The minimum atomic E-state index is -1.88. The minimum absolute atomic E-state index is 0.0107. The van der Waals surface area contributed by atoms with E-state index in [-0.39, 0.29) is 61.5 Å².